The zero-order valence-electron chi connectivity index (χ0n) is 13.4. The molecule has 0 saturated heterocycles. The Bertz CT molecular complexity index is 450. The fraction of sp³-hybridized carbons (Fsp3) is 0.812. The van der Waals surface area contributed by atoms with Crippen LogP contribution in [0.25, 0.3) is 0 Å². The van der Waals surface area contributed by atoms with Gasteiger partial charge in [0, 0.05) is 12.6 Å². The Hall–Kier alpha value is -0.580. The van der Waals surface area contributed by atoms with Crippen LogP contribution in [0, 0.1) is 0 Å². The third kappa shape index (κ3) is 3.43. The van der Waals surface area contributed by atoms with Gasteiger partial charge in [0.2, 0.25) is 0 Å². The molecule has 1 heterocycles. The van der Waals surface area contributed by atoms with E-state index in [1.54, 1.807) is 6.20 Å². The van der Waals surface area contributed by atoms with Crippen LogP contribution in [0.4, 0.5) is 0 Å². The Balaban J connectivity index is 2.38. The van der Waals surface area contributed by atoms with E-state index in [4.69, 9.17) is 22.1 Å². The second-order valence-electron chi connectivity index (χ2n) is 6.31. The van der Waals surface area contributed by atoms with Crippen LogP contribution in [-0.4, -0.2) is 22.0 Å². The van der Waals surface area contributed by atoms with Gasteiger partial charge >= 0.3 is 0 Å². The summed E-state index contributed by atoms with van der Waals surface area (Å²) in [6.07, 6.45) is 8.57. The Morgan fingerprint density at radius 1 is 1.33 bits per heavy atom. The average Bonchev–Trinajstić information content (AvgIpc) is 2.68. The minimum atomic E-state index is -0.304. The summed E-state index contributed by atoms with van der Waals surface area (Å²) in [4.78, 5) is 0. The van der Waals surface area contributed by atoms with Crippen LogP contribution in [0.15, 0.2) is 6.20 Å². The van der Waals surface area contributed by atoms with Crippen molar-refractivity contribution in [3.8, 4) is 0 Å². The largest absolute Gasteiger partial charge is 0.373 e. The van der Waals surface area contributed by atoms with E-state index in [2.05, 4.69) is 18.9 Å². The van der Waals surface area contributed by atoms with Crippen molar-refractivity contribution in [2.24, 2.45) is 5.73 Å². The molecule has 5 heteroatoms. The third-order valence-corrected chi connectivity index (χ3v) is 4.81. The van der Waals surface area contributed by atoms with Gasteiger partial charge in [-0.15, -0.1) is 0 Å². The lowest BCUT2D eigenvalue weighted by molar-refractivity contribution is -0.0713. The quantitative estimate of drug-likeness (QED) is 0.827. The average molecular weight is 314 g/mol. The molecule has 120 valence electrons. The van der Waals surface area contributed by atoms with E-state index in [0.29, 0.717) is 11.6 Å². The topological polar surface area (TPSA) is 53.1 Å². The van der Waals surface area contributed by atoms with Gasteiger partial charge < -0.3 is 10.5 Å². The van der Waals surface area contributed by atoms with Crippen LogP contribution in [0.5, 0.6) is 0 Å². The van der Waals surface area contributed by atoms with Gasteiger partial charge in [0.05, 0.1) is 28.6 Å². The highest BCUT2D eigenvalue weighted by atomic mass is 35.5. The summed E-state index contributed by atoms with van der Waals surface area (Å²) in [7, 11) is 0. The highest BCUT2D eigenvalue weighted by Crippen LogP contribution is 2.41. The van der Waals surface area contributed by atoms with Gasteiger partial charge in [0.15, 0.2) is 0 Å². The van der Waals surface area contributed by atoms with E-state index in [9.17, 15) is 0 Å². The zero-order valence-corrected chi connectivity index (χ0v) is 14.2. The monoisotopic (exact) mass is 313 g/mol. The van der Waals surface area contributed by atoms with Gasteiger partial charge in [-0.3, -0.25) is 4.68 Å². The lowest BCUT2D eigenvalue weighted by Crippen LogP contribution is -2.44. The van der Waals surface area contributed by atoms with Crippen molar-refractivity contribution in [2.45, 2.75) is 77.0 Å². The minimum Gasteiger partial charge on any atom is -0.373 e. The summed E-state index contributed by atoms with van der Waals surface area (Å²) < 4.78 is 8.14. The predicted octanol–water partition coefficient (Wildman–Crippen LogP) is 4.25. The number of hydrogen-bond donors (Lipinski definition) is 1. The first-order valence-corrected chi connectivity index (χ1v) is 8.52. The lowest BCUT2D eigenvalue weighted by atomic mass is 9.84. The summed E-state index contributed by atoms with van der Waals surface area (Å²) in [6, 6.07) is 0.0101. The Labute approximate surface area is 133 Å². The van der Waals surface area contributed by atoms with Gasteiger partial charge in [0.1, 0.15) is 0 Å². The number of nitrogens with two attached hydrogens (primary N) is 1. The Morgan fingerprint density at radius 3 is 2.48 bits per heavy atom. The minimum absolute atomic E-state index is 0.229. The van der Waals surface area contributed by atoms with Crippen molar-refractivity contribution in [3.63, 3.8) is 0 Å². The van der Waals surface area contributed by atoms with Crippen LogP contribution >= 0.6 is 11.6 Å². The fourth-order valence-corrected chi connectivity index (χ4v) is 3.71. The maximum atomic E-state index is 6.67. The molecule has 1 aromatic rings. The molecule has 2 N–H and O–H groups in total. The molecular formula is C16H28ClN3O. The third-order valence-electron chi connectivity index (χ3n) is 4.52. The first kappa shape index (κ1) is 16.8. The van der Waals surface area contributed by atoms with Crippen molar-refractivity contribution >= 4 is 11.6 Å². The number of halogens is 1. The molecule has 0 radical (unpaired) electrons. The first-order chi connectivity index (χ1) is 10.0. The van der Waals surface area contributed by atoms with E-state index in [0.717, 1.165) is 18.5 Å². The van der Waals surface area contributed by atoms with Crippen LogP contribution < -0.4 is 5.73 Å². The summed E-state index contributed by atoms with van der Waals surface area (Å²) in [5, 5.41) is 5.05. The highest BCUT2D eigenvalue weighted by Gasteiger charge is 2.41. The molecule has 21 heavy (non-hydrogen) atoms. The van der Waals surface area contributed by atoms with Crippen LogP contribution in [-0.2, 0) is 4.74 Å². The molecule has 1 aliphatic carbocycles. The van der Waals surface area contributed by atoms with E-state index in [-0.39, 0.29) is 17.7 Å². The van der Waals surface area contributed by atoms with Crippen LogP contribution in [0.3, 0.4) is 0 Å². The second kappa shape index (κ2) is 7.12. The van der Waals surface area contributed by atoms with Gasteiger partial charge in [-0.05, 0) is 33.6 Å². The van der Waals surface area contributed by atoms with E-state index in [1.807, 2.05) is 11.6 Å². The Kier molecular flexibility index (Phi) is 5.69. The number of nitrogens with zero attached hydrogens (tertiary/aromatic N) is 2. The van der Waals surface area contributed by atoms with Crippen molar-refractivity contribution in [1.29, 1.82) is 0 Å². The summed E-state index contributed by atoms with van der Waals surface area (Å²) in [6.45, 7) is 6.92. The molecule has 1 aliphatic rings. The van der Waals surface area contributed by atoms with E-state index in [1.165, 1.54) is 25.7 Å². The lowest BCUT2D eigenvalue weighted by Gasteiger charge is -2.38. The molecule has 1 saturated carbocycles. The van der Waals surface area contributed by atoms with Crippen molar-refractivity contribution in [1.82, 2.24) is 9.78 Å². The maximum absolute atomic E-state index is 6.67. The zero-order chi connectivity index (χ0) is 15.5. The molecule has 0 aromatic carbocycles. The molecule has 0 spiro atoms. The van der Waals surface area contributed by atoms with Gasteiger partial charge in [-0.25, -0.2) is 0 Å². The number of ether oxygens (including phenoxy) is 1. The van der Waals surface area contributed by atoms with Gasteiger partial charge in [0.25, 0.3) is 0 Å². The number of rotatable bonds is 5. The summed E-state index contributed by atoms with van der Waals surface area (Å²) in [5.41, 5.74) is 7.29. The van der Waals surface area contributed by atoms with Gasteiger partial charge in [-0.1, -0.05) is 37.3 Å². The molecule has 1 aromatic heterocycles. The van der Waals surface area contributed by atoms with E-state index >= 15 is 0 Å². The molecular weight excluding hydrogens is 286 g/mol. The molecule has 0 aliphatic heterocycles. The molecule has 0 amide bonds. The highest BCUT2D eigenvalue weighted by molar-refractivity contribution is 6.31. The standard InChI is InChI=1S/C16H28ClN3O/c1-4-21-16(9-7-5-6-8-10-16)15(18)14-13(17)11-19-20(14)12(2)3/h11-12,15H,4-10,18H2,1-3H3. The molecule has 1 atom stereocenters. The van der Waals surface area contributed by atoms with Crippen molar-refractivity contribution in [2.75, 3.05) is 6.61 Å². The molecule has 4 nitrogen and oxygen atoms in total. The predicted molar refractivity (Wildman–Crippen MR) is 86.6 cm³/mol. The molecule has 1 fully saturated rings. The van der Waals surface area contributed by atoms with Gasteiger partial charge in [-0.2, -0.15) is 5.10 Å². The maximum Gasteiger partial charge on any atom is 0.0889 e. The second-order valence-corrected chi connectivity index (χ2v) is 6.71. The molecule has 1 unspecified atom stereocenters. The first-order valence-electron chi connectivity index (χ1n) is 8.14. The summed E-state index contributed by atoms with van der Waals surface area (Å²) >= 11 is 6.39. The van der Waals surface area contributed by atoms with Crippen molar-refractivity contribution < 1.29 is 4.74 Å². The van der Waals surface area contributed by atoms with Crippen LogP contribution in [0.1, 0.15) is 77.1 Å². The van der Waals surface area contributed by atoms with E-state index < -0.39 is 0 Å². The number of aromatic nitrogens is 2. The van der Waals surface area contributed by atoms with Crippen molar-refractivity contribution in [3.05, 3.63) is 16.9 Å². The smallest absolute Gasteiger partial charge is 0.0889 e. The Morgan fingerprint density at radius 2 is 1.95 bits per heavy atom. The molecule has 0 bridgehead atoms. The molecule has 2 rings (SSSR count). The number of hydrogen-bond acceptors (Lipinski definition) is 3. The fourth-order valence-electron chi connectivity index (χ4n) is 3.46. The SMILES string of the molecule is CCOC1(C(N)c2c(Cl)cnn2C(C)C)CCCCCC1. The normalized spacial score (nSPS) is 20.5. The summed E-state index contributed by atoms with van der Waals surface area (Å²) in [5.74, 6) is 0. The van der Waals surface area contributed by atoms with Crippen LogP contribution in [0.2, 0.25) is 5.02 Å².